The van der Waals surface area contributed by atoms with E-state index in [1.165, 1.54) is 55.6 Å². The van der Waals surface area contributed by atoms with Crippen LogP contribution in [0.4, 0.5) is 0 Å². The van der Waals surface area contributed by atoms with Crippen LogP contribution in [0.5, 0.6) is 0 Å². The number of nitrogens with zero attached hydrogens (tertiary/aromatic N) is 6. The lowest BCUT2D eigenvalue weighted by Gasteiger charge is -2.22. The van der Waals surface area contributed by atoms with Crippen molar-refractivity contribution in [3.63, 3.8) is 0 Å². The van der Waals surface area contributed by atoms with Gasteiger partial charge in [-0.3, -0.25) is 0 Å². The SMILES string of the molecule is CC1(C)c2ccccc2-c2cc(-c3cccc(-c4cccc(-c5nc(-c6ccccc6)nc(-c6cccc(-c7ccc8c(c7)C(C)(C)c7ccc(-c9ccc(-c%10nc(-c%11ccccc%11)nc(-c%11ccccc%11)n%10)cc9)cc7-8)c6)n5)c4)c3)ccc21. The number of fused-ring (bicyclic) bond motifs is 6. The molecule has 0 radical (unpaired) electrons. The lowest BCUT2D eigenvalue weighted by Crippen LogP contribution is -2.15. The molecule has 0 saturated heterocycles. The van der Waals surface area contributed by atoms with Crippen molar-refractivity contribution < 1.29 is 0 Å². The standard InChI is InChI=1S/C78H56N6/c1-77(2)67-32-15-14-31-63(67)65-47-59(39-42-68(65)77)55-26-16-25-54(43-55)56-27-17-29-61(44-56)75-82-73(52-23-12-7-13-24-52)83-76(84-75)62-30-18-28-57(45-62)60-37-40-64-66-46-58(38-41-69(66)78(3,4)70(64)48-60)49-33-35-53(36-34-49)74-80-71(50-19-8-5-9-20-50)79-72(81-74)51-21-10-6-11-22-51/h5-48H,1-4H3. The third-order valence-electron chi connectivity index (χ3n) is 17.2. The summed E-state index contributed by atoms with van der Waals surface area (Å²) in [5, 5.41) is 0. The molecule has 2 aliphatic rings. The summed E-state index contributed by atoms with van der Waals surface area (Å²) in [6.45, 7) is 9.34. The Balaban J connectivity index is 0.728. The summed E-state index contributed by atoms with van der Waals surface area (Å²) in [7, 11) is 0. The zero-order valence-electron chi connectivity index (χ0n) is 47.1. The molecule has 13 aromatic rings. The highest BCUT2D eigenvalue weighted by Gasteiger charge is 2.37. The molecule has 0 fully saturated rings. The van der Waals surface area contributed by atoms with E-state index < -0.39 is 0 Å². The minimum absolute atomic E-state index is 0.0351. The van der Waals surface area contributed by atoms with E-state index in [-0.39, 0.29) is 10.8 Å². The molecule has 0 N–H and O–H groups in total. The molecule has 84 heavy (non-hydrogen) atoms. The van der Waals surface area contributed by atoms with Gasteiger partial charge < -0.3 is 0 Å². The van der Waals surface area contributed by atoms with Crippen molar-refractivity contribution >= 4 is 0 Å². The van der Waals surface area contributed by atoms with Crippen molar-refractivity contribution in [2.24, 2.45) is 0 Å². The Kier molecular flexibility index (Phi) is 12.1. The fraction of sp³-hybridized carbons (Fsp3) is 0.0769. The second kappa shape index (κ2) is 20.2. The maximum Gasteiger partial charge on any atom is 0.164 e. The Hall–Kier alpha value is -10.6. The molecule has 2 heterocycles. The number of benzene rings is 11. The molecule has 15 rings (SSSR count). The third-order valence-corrected chi connectivity index (χ3v) is 17.2. The first-order valence-corrected chi connectivity index (χ1v) is 28.7. The average molecular weight is 1080 g/mol. The topological polar surface area (TPSA) is 77.3 Å². The molecule has 6 nitrogen and oxygen atoms in total. The molecule has 0 saturated carbocycles. The van der Waals surface area contributed by atoms with Crippen LogP contribution in [0.3, 0.4) is 0 Å². The second-order valence-corrected chi connectivity index (χ2v) is 23.1. The quantitative estimate of drug-likeness (QED) is 0.136. The maximum absolute atomic E-state index is 5.26. The van der Waals surface area contributed by atoms with Gasteiger partial charge in [-0.05, 0) is 125 Å². The van der Waals surface area contributed by atoms with E-state index in [0.29, 0.717) is 34.9 Å². The Labute approximate surface area is 490 Å². The van der Waals surface area contributed by atoms with Gasteiger partial charge in [-0.15, -0.1) is 0 Å². The van der Waals surface area contributed by atoms with Gasteiger partial charge in [0.15, 0.2) is 34.9 Å². The molecule has 11 aromatic carbocycles. The highest BCUT2D eigenvalue weighted by molar-refractivity contribution is 5.89. The van der Waals surface area contributed by atoms with Crippen LogP contribution >= 0.6 is 0 Å². The van der Waals surface area contributed by atoms with Gasteiger partial charge in [0, 0.05) is 44.2 Å². The summed E-state index contributed by atoms with van der Waals surface area (Å²) in [6, 6.07) is 94.7. The number of aromatic nitrogens is 6. The van der Waals surface area contributed by atoms with Crippen LogP contribution in [0.2, 0.25) is 0 Å². The minimum Gasteiger partial charge on any atom is -0.208 e. The second-order valence-electron chi connectivity index (χ2n) is 23.1. The van der Waals surface area contributed by atoms with Gasteiger partial charge in [-0.2, -0.15) is 0 Å². The van der Waals surface area contributed by atoms with Crippen LogP contribution in [0.25, 0.3) is 135 Å². The summed E-state index contributed by atoms with van der Waals surface area (Å²) in [5.41, 5.74) is 24.9. The molecule has 6 heteroatoms. The smallest absolute Gasteiger partial charge is 0.164 e. The van der Waals surface area contributed by atoms with Gasteiger partial charge in [0.2, 0.25) is 0 Å². The van der Waals surface area contributed by atoms with E-state index in [4.69, 9.17) is 29.9 Å². The number of rotatable bonds is 10. The molecule has 0 unspecified atom stereocenters. The molecule has 0 aliphatic heterocycles. The van der Waals surface area contributed by atoms with E-state index in [2.05, 4.69) is 216 Å². The van der Waals surface area contributed by atoms with E-state index in [9.17, 15) is 0 Å². The zero-order valence-corrected chi connectivity index (χ0v) is 47.1. The highest BCUT2D eigenvalue weighted by Crippen LogP contribution is 2.52. The van der Waals surface area contributed by atoms with E-state index in [1.54, 1.807) is 0 Å². The minimum atomic E-state index is -0.220. The lowest BCUT2D eigenvalue weighted by atomic mass is 9.81. The van der Waals surface area contributed by atoms with Gasteiger partial charge in [0.25, 0.3) is 0 Å². The molecule has 0 bridgehead atoms. The van der Waals surface area contributed by atoms with Crippen molar-refractivity contribution in [1.82, 2.24) is 29.9 Å². The van der Waals surface area contributed by atoms with Gasteiger partial charge >= 0.3 is 0 Å². The van der Waals surface area contributed by atoms with E-state index >= 15 is 0 Å². The predicted molar refractivity (Wildman–Crippen MR) is 343 cm³/mol. The molecule has 0 atom stereocenters. The largest absolute Gasteiger partial charge is 0.208 e. The molecule has 0 spiro atoms. The monoisotopic (exact) mass is 1080 g/mol. The maximum atomic E-state index is 5.26. The number of hydrogen-bond acceptors (Lipinski definition) is 6. The molecule has 2 aromatic heterocycles. The fourth-order valence-corrected chi connectivity index (χ4v) is 12.7. The van der Waals surface area contributed by atoms with Crippen molar-refractivity contribution in [2.75, 3.05) is 0 Å². The molecular formula is C78H56N6. The molecule has 398 valence electrons. The zero-order chi connectivity index (χ0) is 56.5. The number of hydrogen-bond donors (Lipinski definition) is 0. The summed E-state index contributed by atoms with van der Waals surface area (Å²) in [6.07, 6.45) is 0. The Morgan fingerprint density at radius 1 is 0.179 bits per heavy atom. The average Bonchev–Trinajstić information content (AvgIpc) is 4.19. The van der Waals surface area contributed by atoms with Gasteiger partial charge in [-0.1, -0.05) is 258 Å². The van der Waals surface area contributed by atoms with Crippen molar-refractivity contribution in [3.05, 3.63) is 289 Å². The Morgan fingerprint density at radius 3 is 0.917 bits per heavy atom. The van der Waals surface area contributed by atoms with Crippen molar-refractivity contribution in [3.8, 4) is 135 Å². The Bertz CT molecular complexity index is 4640. The lowest BCUT2D eigenvalue weighted by molar-refractivity contribution is 0.660. The van der Waals surface area contributed by atoms with E-state index in [0.717, 1.165) is 66.8 Å². The van der Waals surface area contributed by atoms with E-state index in [1.807, 2.05) is 78.9 Å². The van der Waals surface area contributed by atoms with Gasteiger partial charge in [-0.25, -0.2) is 29.9 Å². The van der Waals surface area contributed by atoms with Crippen LogP contribution < -0.4 is 0 Å². The summed E-state index contributed by atoms with van der Waals surface area (Å²) >= 11 is 0. The first-order chi connectivity index (χ1) is 41.1. The Morgan fingerprint density at radius 2 is 0.452 bits per heavy atom. The first-order valence-electron chi connectivity index (χ1n) is 28.7. The summed E-state index contributed by atoms with van der Waals surface area (Å²) in [4.78, 5) is 30.4. The third kappa shape index (κ3) is 8.91. The molecule has 0 amide bonds. The summed E-state index contributed by atoms with van der Waals surface area (Å²) in [5.74, 6) is 3.79. The van der Waals surface area contributed by atoms with Crippen LogP contribution in [0.1, 0.15) is 49.9 Å². The normalized spacial score (nSPS) is 13.2. The van der Waals surface area contributed by atoms with Crippen LogP contribution in [0.15, 0.2) is 267 Å². The van der Waals surface area contributed by atoms with Gasteiger partial charge in [0.05, 0.1) is 0 Å². The van der Waals surface area contributed by atoms with Crippen LogP contribution in [0, 0.1) is 0 Å². The van der Waals surface area contributed by atoms with Crippen molar-refractivity contribution in [1.29, 1.82) is 0 Å². The van der Waals surface area contributed by atoms with Crippen LogP contribution in [-0.4, -0.2) is 29.9 Å². The summed E-state index contributed by atoms with van der Waals surface area (Å²) < 4.78 is 0. The molecule has 2 aliphatic carbocycles. The highest BCUT2D eigenvalue weighted by atomic mass is 15.0. The van der Waals surface area contributed by atoms with Crippen molar-refractivity contribution in [2.45, 2.75) is 38.5 Å². The first kappa shape index (κ1) is 50.4. The fourth-order valence-electron chi connectivity index (χ4n) is 12.7. The van der Waals surface area contributed by atoms with Crippen LogP contribution in [-0.2, 0) is 10.8 Å². The molecular weight excluding hydrogens is 1020 g/mol. The van der Waals surface area contributed by atoms with Gasteiger partial charge in [0.1, 0.15) is 0 Å². The predicted octanol–water partition coefficient (Wildman–Crippen LogP) is 19.3.